The number of rotatable bonds is 3. The van der Waals surface area contributed by atoms with E-state index in [1.807, 2.05) is 0 Å². The van der Waals surface area contributed by atoms with Crippen LogP contribution in [0.2, 0.25) is 0 Å². The maximum atomic E-state index is 10.7. The van der Waals surface area contributed by atoms with E-state index in [4.69, 9.17) is 16.4 Å². The molecule has 72 valence electrons. The van der Waals surface area contributed by atoms with Crippen LogP contribution in [0.3, 0.4) is 0 Å². The summed E-state index contributed by atoms with van der Waals surface area (Å²) in [6.45, 7) is -0.126. The zero-order valence-corrected chi connectivity index (χ0v) is 7.92. The zero-order chi connectivity index (χ0) is 10.1. The Hall–Kier alpha value is -1.08. The number of halogens is 1. The summed E-state index contributed by atoms with van der Waals surface area (Å²) < 4.78 is 22.6. The van der Waals surface area contributed by atoms with Crippen LogP contribution in [0.15, 0.2) is 17.6 Å². The molecule has 0 saturated carbocycles. The molecule has 8 heteroatoms. The number of aromatic nitrogens is 2. The summed E-state index contributed by atoms with van der Waals surface area (Å²) in [6, 6.07) is 0. The third-order valence-electron chi connectivity index (χ3n) is 1.20. The van der Waals surface area contributed by atoms with Gasteiger partial charge in [0.1, 0.15) is 6.54 Å². The normalized spacial score (nSPS) is 11.5. The molecule has 0 unspecified atom stereocenters. The summed E-state index contributed by atoms with van der Waals surface area (Å²) in [5.74, 6) is -0.587. The van der Waals surface area contributed by atoms with Crippen LogP contribution in [0.1, 0.15) is 0 Å². The van der Waals surface area contributed by atoms with Crippen LogP contribution in [0.5, 0.6) is 0 Å². The highest BCUT2D eigenvalue weighted by Gasteiger charge is 2.13. The number of nitrogens with two attached hydrogens (primary N) is 1. The van der Waals surface area contributed by atoms with Crippen LogP contribution < -0.4 is 5.73 Å². The molecule has 0 fully saturated rings. The van der Waals surface area contributed by atoms with Gasteiger partial charge in [-0.15, -0.1) is 0 Å². The van der Waals surface area contributed by atoms with Crippen molar-refractivity contribution in [3.8, 4) is 0 Å². The van der Waals surface area contributed by atoms with Gasteiger partial charge in [-0.1, -0.05) is 0 Å². The quantitative estimate of drug-likeness (QED) is 0.686. The second-order valence-electron chi connectivity index (χ2n) is 2.29. The van der Waals surface area contributed by atoms with Gasteiger partial charge in [-0.05, 0) is 0 Å². The molecule has 0 bridgehead atoms. The Labute approximate surface area is 78.7 Å². The van der Waals surface area contributed by atoms with E-state index < -0.39 is 15.0 Å². The molecule has 0 aliphatic heterocycles. The van der Waals surface area contributed by atoms with Crippen molar-refractivity contribution in [1.29, 1.82) is 0 Å². The highest BCUT2D eigenvalue weighted by atomic mass is 35.7. The Morgan fingerprint density at radius 3 is 2.69 bits per heavy atom. The molecule has 6 nitrogen and oxygen atoms in total. The number of carbonyl (C=O) groups excluding carboxylic acids is 1. The summed E-state index contributed by atoms with van der Waals surface area (Å²) >= 11 is 0. The molecule has 0 aliphatic carbocycles. The molecule has 1 amide bonds. The fraction of sp³-hybridized carbons (Fsp3) is 0.200. The number of primary amides is 1. The van der Waals surface area contributed by atoms with Crippen molar-refractivity contribution in [2.75, 3.05) is 0 Å². The molecule has 1 heterocycles. The van der Waals surface area contributed by atoms with E-state index in [1.165, 1.54) is 10.9 Å². The number of nitrogens with zero attached hydrogens (tertiary/aromatic N) is 2. The Morgan fingerprint density at radius 1 is 1.69 bits per heavy atom. The van der Waals surface area contributed by atoms with Crippen molar-refractivity contribution in [2.24, 2.45) is 5.73 Å². The second kappa shape index (κ2) is 3.35. The lowest BCUT2D eigenvalue weighted by Gasteiger charge is -1.93. The number of carbonyl (C=O) groups is 1. The smallest absolute Gasteiger partial charge is 0.280 e. The lowest BCUT2D eigenvalue weighted by Crippen LogP contribution is -2.17. The molecule has 1 aromatic heterocycles. The standard InChI is InChI=1S/C5H6ClN3O3S/c6-13(11,12)5-2-9(3-8-5)1-4(7)10/h2-3H,1H2,(H2,7,10). The van der Waals surface area contributed by atoms with E-state index in [-0.39, 0.29) is 11.6 Å². The van der Waals surface area contributed by atoms with Gasteiger partial charge in [-0.3, -0.25) is 4.79 Å². The molecular formula is C5H6ClN3O3S. The lowest BCUT2D eigenvalue weighted by atomic mass is 10.6. The first kappa shape index (κ1) is 10.0. The molecule has 0 atom stereocenters. The first-order valence-corrected chi connectivity index (χ1v) is 5.45. The Morgan fingerprint density at radius 2 is 2.31 bits per heavy atom. The fourth-order valence-electron chi connectivity index (χ4n) is 0.732. The molecule has 0 saturated heterocycles. The topological polar surface area (TPSA) is 95.1 Å². The van der Waals surface area contributed by atoms with Gasteiger partial charge in [0.15, 0.2) is 5.03 Å². The van der Waals surface area contributed by atoms with E-state index in [9.17, 15) is 13.2 Å². The Bertz CT molecular complexity index is 424. The van der Waals surface area contributed by atoms with Crippen LogP contribution in [0, 0.1) is 0 Å². The van der Waals surface area contributed by atoms with Gasteiger partial charge in [0.25, 0.3) is 9.05 Å². The molecule has 1 aromatic rings. The minimum atomic E-state index is -3.83. The van der Waals surface area contributed by atoms with E-state index in [2.05, 4.69) is 4.98 Å². The third kappa shape index (κ3) is 2.71. The van der Waals surface area contributed by atoms with Crippen LogP contribution in [-0.2, 0) is 20.4 Å². The zero-order valence-electron chi connectivity index (χ0n) is 6.34. The monoisotopic (exact) mass is 223 g/mol. The summed E-state index contributed by atoms with van der Waals surface area (Å²) in [5, 5.41) is -0.296. The summed E-state index contributed by atoms with van der Waals surface area (Å²) in [5.41, 5.74) is 4.87. The summed E-state index contributed by atoms with van der Waals surface area (Å²) in [4.78, 5) is 13.9. The summed E-state index contributed by atoms with van der Waals surface area (Å²) in [7, 11) is 1.16. The highest BCUT2D eigenvalue weighted by molar-refractivity contribution is 8.13. The van der Waals surface area contributed by atoms with E-state index in [1.54, 1.807) is 0 Å². The molecule has 0 radical (unpaired) electrons. The second-order valence-corrected chi connectivity index (χ2v) is 4.80. The van der Waals surface area contributed by atoms with Crippen molar-refractivity contribution >= 4 is 25.6 Å². The van der Waals surface area contributed by atoms with Gasteiger partial charge in [-0.2, -0.15) is 0 Å². The van der Waals surface area contributed by atoms with Gasteiger partial charge in [0.05, 0.1) is 6.33 Å². The SMILES string of the molecule is NC(=O)Cn1cnc(S(=O)(=O)Cl)c1. The van der Waals surface area contributed by atoms with Crippen molar-refractivity contribution in [3.05, 3.63) is 12.5 Å². The van der Waals surface area contributed by atoms with Gasteiger partial charge in [0, 0.05) is 16.9 Å². The van der Waals surface area contributed by atoms with E-state index in [0.29, 0.717) is 0 Å². The van der Waals surface area contributed by atoms with Crippen LogP contribution in [-0.4, -0.2) is 23.9 Å². The third-order valence-corrected chi connectivity index (χ3v) is 2.38. The average Bonchev–Trinajstić information content (AvgIpc) is 2.32. The minimum Gasteiger partial charge on any atom is -0.368 e. The maximum Gasteiger partial charge on any atom is 0.280 e. The maximum absolute atomic E-state index is 10.7. The Balaban J connectivity index is 2.94. The molecule has 0 aliphatic rings. The van der Waals surface area contributed by atoms with Crippen LogP contribution in [0.4, 0.5) is 0 Å². The first-order valence-electron chi connectivity index (χ1n) is 3.14. The molecule has 1 rings (SSSR count). The molecule has 0 spiro atoms. The number of imidazole rings is 1. The fourth-order valence-corrected chi connectivity index (χ4v) is 1.41. The highest BCUT2D eigenvalue weighted by Crippen LogP contribution is 2.10. The predicted molar refractivity (Wildman–Crippen MR) is 44.5 cm³/mol. The average molecular weight is 224 g/mol. The summed E-state index contributed by atoms with van der Waals surface area (Å²) in [6.07, 6.45) is 2.30. The lowest BCUT2D eigenvalue weighted by molar-refractivity contribution is -0.118. The first-order chi connectivity index (χ1) is 5.89. The molecule has 2 N–H and O–H groups in total. The van der Waals surface area contributed by atoms with Crippen molar-refractivity contribution in [1.82, 2.24) is 9.55 Å². The minimum absolute atomic E-state index is 0.126. The largest absolute Gasteiger partial charge is 0.368 e. The van der Waals surface area contributed by atoms with Crippen molar-refractivity contribution in [2.45, 2.75) is 11.6 Å². The van der Waals surface area contributed by atoms with Crippen LogP contribution >= 0.6 is 10.7 Å². The van der Waals surface area contributed by atoms with E-state index >= 15 is 0 Å². The Kier molecular flexibility index (Phi) is 2.58. The van der Waals surface area contributed by atoms with Gasteiger partial charge < -0.3 is 10.3 Å². The van der Waals surface area contributed by atoms with Crippen molar-refractivity contribution < 1.29 is 13.2 Å². The number of hydrogen-bond acceptors (Lipinski definition) is 4. The predicted octanol–water partition coefficient (Wildman–Crippen LogP) is -0.704. The van der Waals surface area contributed by atoms with Gasteiger partial charge in [-0.25, -0.2) is 13.4 Å². The number of amides is 1. The van der Waals surface area contributed by atoms with Crippen molar-refractivity contribution in [3.63, 3.8) is 0 Å². The molecule has 0 aromatic carbocycles. The van der Waals surface area contributed by atoms with Gasteiger partial charge >= 0.3 is 0 Å². The van der Waals surface area contributed by atoms with Gasteiger partial charge in [0.2, 0.25) is 5.91 Å². The number of hydrogen-bond donors (Lipinski definition) is 1. The molecular weight excluding hydrogens is 218 g/mol. The molecule has 13 heavy (non-hydrogen) atoms. The van der Waals surface area contributed by atoms with Crippen LogP contribution in [0.25, 0.3) is 0 Å². The van der Waals surface area contributed by atoms with E-state index in [0.717, 1.165) is 6.20 Å².